The van der Waals surface area contributed by atoms with E-state index in [1.54, 1.807) is 26.4 Å². The molecule has 0 aliphatic carbocycles. The van der Waals surface area contributed by atoms with Gasteiger partial charge in [-0.15, -0.1) is 12.4 Å². The number of fused-ring (bicyclic) bond motifs is 1. The van der Waals surface area contributed by atoms with Crippen molar-refractivity contribution < 1.29 is 19.3 Å². The molecule has 1 N–H and O–H groups in total. The Bertz CT molecular complexity index is 912. The van der Waals surface area contributed by atoms with E-state index >= 15 is 0 Å². The first-order valence-corrected chi connectivity index (χ1v) is 7.48. The van der Waals surface area contributed by atoms with Gasteiger partial charge in [-0.3, -0.25) is 4.98 Å². The highest BCUT2D eigenvalue weighted by Crippen LogP contribution is 2.36. The van der Waals surface area contributed by atoms with Crippen molar-refractivity contribution in [3.05, 3.63) is 42.1 Å². The average molecular weight is 362 g/mol. The highest BCUT2D eigenvalue weighted by atomic mass is 35.5. The zero-order valence-electron chi connectivity index (χ0n) is 14.5. The molecule has 3 rings (SSSR count). The third-order valence-electron chi connectivity index (χ3n) is 4.00. The molecule has 0 radical (unpaired) electrons. The molecule has 0 amide bonds. The van der Waals surface area contributed by atoms with Crippen LogP contribution in [0.5, 0.6) is 23.0 Å². The monoisotopic (exact) mass is 361 g/mol. The Kier molecular flexibility index (Phi) is 5.59. The van der Waals surface area contributed by atoms with Gasteiger partial charge < -0.3 is 19.3 Å². The molecule has 0 aliphatic heterocycles. The SMILES string of the molecule is COc1cc(-c2cc3cc(OC)c(OC)cc3c(C)n2)ccc1O.Cl. The lowest BCUT2D eigenvalue weighted by Crippen LogP contribution is -1.94. The van der Waals surface area contributed by atoms with Crippen LogP contribution in [0.2, 0.25) is 0 Å². The number of hydrogen-bond acceptors (Lipinski definition) is 5. The van der Waals surface area contributed by atoms with Gasteiger partial charge in [0.15, 0.2) is 23.0 Å². The average Bonchev–Trinajstić information content (AvgIpc) is 2.60. The summed E-state index contributed by atoms with van der Waals surface area (Å²) in [4.78, 5) is 4.67. The minimum atomic E-state index is 0. The van der Waals surface area contributed by atoms with Crippen LogP contribution in [0.15, 0.2) is 36.4 Å². The zero-order chi connectivity index (χ0) is 17.3. The van der Waals surface area contributed by atoms with Gasteiger partial charge in [-0.2, -0.15) is 0 Å². The number of aryl methyl sites for hydroxylation is 1. The quantitative estimate of drug-likeness (QED) is 0.748. The molecule has 0 unspecified atom stereocenters. The molecule has 2 aromatic carbocycles. The predicted octanol–water partition coefficient (Wildman–Crippen LogP) is 4.36. The van der Waals surface area contributed by atoms with E-state index in [4.69, 9.17) is 14.2 Å². The zero-order valence-corrected chi connectivity index (χ0v) is 15.3. The van der Waals surface area contributed by atoms with Crippen LogP contribution in [0.3, 0.4) is 0 Å². The summed E-state index contributed by atoms with van der Waals surface area (Å²) in [6.45, 7) is 1.95. The van der Waals surface area contributed by atoms with Gasteiger partial charge in [-0.25, -0.2) is 0 Å². The van der Waals surface area contributed by atoms with Crippen LogP contribution in [-0.2, 0) is 0 Å². The van der Waals surface area contributed by atoms with E-state index in [0.29, 0.717) is 17.2 Å². The molecule has 6 heteroatoms. The first-order chi connectivity index (χ1) is 11.6. The highest BCUT2D eigenvalue weighted by molar-refractivity contribution is 5.90. The van der Waals surface area contributed by atoms with E-state index in [1.807, 2.05) is 31.2 Å². The molecule has 0 atom stereocenters. The van der Waals surface area contributed by atoms with Crippen molar-refractivity contribution >= 4 is 23.2 Å². The second-order valence-electron chi connectivity index (χ2n) is 5.41. The van der Waals surface area contributed by atoms with Crippen LogP contribution in [-0.4, -0.2) is 31.4 Å². The van der Waals surface area contributed by atoms with Gasteiger partial charge in [-0.05, 0) is 48.7 Å². The number of hydrogen-bond donors (Lipinski definition) is 1. The molecule has 5 nitrogen and oxygen atoms in total. The van der Waals surface area contributed by atoms with Gasteiger partial charge >= 0.3 is 0 Å². The molecule has 0 fully saturated rings. The summed E-state index contributed by atoms with van der Waals surface area (Å²) >= 11 is 0. The van der Waals surface area contributed by atoms with Gasteiger partial charge in [-0.1, -0.05) is 0 Å². The Balaban J connectivity index is 0.00000225. The second kappa shape index (κ2) is 7.49. The van der Waals surface area contributed by atoms with Gasteiger partial charge in [0.1, 0.15) is 0 Å². The van der Waals surface area contributed by atoms with Crippen molar-refractivity contribution in [2.75, 3.05) is 21.3 Å². The van der Waals surface area contributed by atoms with Gasteiger partial charge in [0, 0.05) is 16.6 Å². The predicted molar refractivity (Wildman–Crippen MR) is 100 cm³/mol. The fourth-order valence-corrected chi connectivity index (χ4v) is 2.73. The maximum absolute atomic E-state index is 9.76. The molecular formula is C19H20ClNO4. The minimum Gasteiger partial charge on any atom is -0.504 e. The highest BCUT2D eigenvalue weighted by Gasteiger charge is 2.12. The van der Waals surface area contributed by atoms with Gasteiger partial charge in [0.25, 0.3) is 0 Å². The summed E-state index contributed by atoms with van der Waals surface area (Å²) in [7, 11) is 4.75. The lowest BCUT2D eigenvalue weighted by molar-refractivity contribution is 0.356. The number of nitrogens with zero attached hydrogens (tertiary/aromatic N) is 1. The summed E-state index contributed by atoms with van der Waals surface area (Å²) in [6, 6.07) is 11.0. The number of phenols is 1. The van der Waals surface area contributed by atoms with Crippen molar-refractivity contribution in [1.29, 1.82) is 0 Å². The Hall–Kier alpha value is -2.66. The first-order valence-electron chi connectivity index (χ1n) is 7.48. The van der Waals surface area contributed by atoms with E-state index in [-0.39, 0.29) is 18.2 Å². The number of aromatic nitrogens is 1. The summed E-state index contributed by atoms with van der Waals surface area (Å²) < 4.78 is 15.9. The van der Waals surface area contributed by atoms with Crippen molar-refractivity contribution in [1.82, 2.24) is 4.98 Å². The third-order valence-corrected chi connectivity index (χ3v) is 4.00. The van der Waals surface area contributed by atoms with Crippen molar-refractivity contribution in [3.63, 3.8) is 0 Å². The van der Waals surface area contributed by atoms with Gasteiger partial charge in [0.05, 0.1) is 27.0 Å². The number of ether oxygens (including phenoxy) is 3. The Morgan fingerprint density at radius 3 is 2.12 bits per heavy atom. The third kappa shape index (κ3) is 3.42. The number of aromatic hydroxyl groups is 1. The van der Waals surface area contributed by atoms with Crippen LogP contribution >= 0.6 is 12.4 Å². The molecule has 0 saturated heterocycles. The number of halogens is 1. The molecule has 132 valence electrons. The standard InChI is InChI=1S/C19H19NO4.ClH/c1-11-14-10-19(24-4)18(23-3)9-13(14)7-15(20-11)12-5-6-16(21)17(8-12)22-2;/h5-10,21H,1-4H3;1H. The van der Waals surface area contributed by atoms with E-state index in [9.17, 15) is 5.11 Å². The lowest BCUT2D eigenvalue weighted by Gasteiger charge is -2.12. The topological polar surface area (TPSA) is 60.8 Å². The van der Waals surface area contributed by atoms with Crippen molar-refractivity contribution in [2.24, 2.45) is 0 Å². The fourth-order valence-electron chi connectivity index (χ4n) is 2.73. The molecule has 0 aliphatic rings. The number of benzene rings is 2. The summed E-state index contributed by atoms with van der Waals surface area (Å²) in [5.41, 5.74) is 2.55. The first kappa shape index (κ1) is 18.7. The van der Waals surface area contributed by atoms with Crippen LogP contribution in [0.25, 0.3) is 22.0 Å². The number of pyridine rings is 1. The molecule has 1 heterocycles. The van der Waals surface area contributed by atoms with Crippen LogP contribution in [0, 0.1) is 6.92 Å². The Labute approximate surface area is 152 Å². The molecule has 3 aromatic rings. The van der Waals surface area contributed by atoms with E-state index in [2.05, 4.69) is 4.98 Å². The van der Waals surface area contributed by atoms with Crippen molar-refractivity contribution in [3.8, 4) is 34.3 Å². The van der Waals surface area contributed by atoms with Crippen LogP contribution in [0.4, 0.5) is 0 Å². The van der Waals surface area contributed by atoms with E-state index in [1.165, 1.54) is 7.11 Å². The molecule has 0 spiro atoms. The summed E-state index contributed by atoms with van der Waals surface area (Å²) in [5.74, 6) is 1.86. The summed E-state index contributed by atoms with van der Waals surface area (Å²) in [5, 5.41) is 11.8. The maximum Gasteiger partial charge on any atom is 0.161 e. The molecule has 1 aromatic heterocycles. The normalized spacial score (nSPS) is 10.2. The second-order valence-corrected chi connectivity index (χ2v) is 5.41. The number of phenolic OH excluding ortho intramolecular Hbond substituents is 1. The van der Waals surface area contributed by atoms with Gasteiger partial charge in [0.2, 0.25) is 0 Å². The van der Waals surface area contributed by atoms with E-state index in [0.717, 1.165) is 27.7 Å². The van der Waals surface area contributed by atoms with Crippen LogP contribution in [0.1, 0.15) is 5.69 Å². The Morgan fingerprint density at radius 1 is 0.840 bits per heavy atom. The van der Waals surface area contributed by atoms with E-state index < -0.39 is 0 Å². The molecular weight excluding hydrogens is 342 g/mol. The molecule has 25 heavy (non-hydrogen) atoms. The van der Waals surface area contributed by atoms with Crippen molar-refractivity contribution in [2.45, 2.75) is 6.92 Å². The maximum atomic E-state index is 9.76. The van der Waals surface area contributed by atoms with Crippen LogP contribution < -0.4 is 14.2 Å². The molecule has 0 saturated carbocycles. The lowest BCUT2D eigenvalue weighted by atomic mass is 10.0. The number of methoxy groups -OCH3 is 3. The smallest absolute Gasteiger partial charge is 0.161 e. The Morgan fingerprint density at radius 2 is 1.48 bits per heavy atom. The molecule has 0 bridgehead atoms. The fraction of sp³-hybridized carbons (Fsp3) is 0.211. The summed E-state index contributed by atoms with van der Waals surface area (Å²) in [6.07, 6.45) is 0. The minimum absolute atomic E-state index is 0. The number of rotatable bonds is 4. The largest absolute Gasteiger partial charge is 0.504 e.